The van der Waals surface area contributed by atoms with Crippen LogP contribution in [-0.2, 0) is 16.6 Å². The van der Waals surface area contributed by atoms with Crippen LogP contribution in [0.4, 0.5) is 0 Å². The van der Waals surface area contributed by atoms with Crippen LogP contribution in [0.1, 0.15) is 17.7 Å². The van der Waals surface area contributed by atoms with E-state index in [1.807, 2.05) is 12.4 Å². The number of hydrogen-bond acceptors (Lipinski definition) is 4. The number of rotatable bonds is 5. The molecule has 4 nitrogen and oxygen atoms in total. The molecule has 1 aromatic rings. The van der Waals surface area contributed by atoms with Crippen molar-refractivity contribution in [1.29, 1.82) is 0 Å². The third-order valence-corrected chi connectivity index (χ3v) is 5.80. The monoisotopic (exact) mass is 260 g/mol. The molecule has 1 saturated carbocycles. The SMILES string of the molecule is CNCc1sccc1S(=O)(=O)N(C)C1CC1. The summed E-state index contributed by atoms with van der Waals surface area (Å²) in [4.78, 5) is 1.34. The second-order valence-electron chi connectivity index (χ2n) is 3.99. The van der Waals surface area contributed by atoms with Crippen molar-refractivity contribution in [1.82, 2.24) is 9.62 Å². The average molecular weight is 260 g/mol. The fraction of sp³-hybridized carbons (Fsp3) is 0.600. The van der Waals surface area contributed by atoms with Gasteiger partial charge in [0.2, 0.25) is 10.0 Å². The Morgan fingerprint density at radius 2 is 2.25 bits per heavy atom. The van der Waals surface area contributed by atoms with Crippen LogP contribution < -0.4 is 5.32 Å². The van der Waals surface area contributed by atoms with Crippen molar-refractivity contribution >= 4 is 21.4 Å². The van der Waals surface area contributed by atoms with Gasteiger partial charge in [0.05, 0.1) is 4.90 Å². The highest BCUT2D eigenvalue weighted by Gasteiger charge is 2.36. The fourth-order valence-corrected chi connectivity index (χ4v) is 4.48. The number of thiophene rings is 1. The van der Waals surface area contributed by atoms with E-state index >= 15 is 0 Å². The summed E-state index contributed by atoms with van der Waals surface area (Å²) in [5, 5.41) is 4.83. The van der Waals surface area contributed by atoms with E-state index < -0.39 is 10.0 Å². The molecule has 0 bridgehead atoms. The second-order valence-corrected chi connectivity index (χ2v) is 6.96. The number of nitrogens with zero attached hydrogens (tertiary/aromatic N) is 1. The van der Waals surface area contributed by atoms with Crippen LogP contribution >= 0.6 is 11.3 Å². The summed E-state index contributed by atoms with van der Waals surface area (Å²) >= 11 is 1.48. The summed E-state index contributed by atoms with van der Waals surface area (Å²) in [7, 11) is 0.213. The third-order valence-electron chi connectivity index (χ3n) is 2.76. The molecule has 1 fully saturated rings. The molecule has 2 rings (SSSR count). The van der Waals surface area contributed by atoms with Crippen molar-refractivity contribution in [3.05, 3.63) is 16.3 Å². The molecule has 6 heteroatoms. The molecule has 0 spiro atoms. The first kappa shape index (κ1) is 12.0. The Kier molecular flexibility index (Phi) is 3.34. The van der Waals surface area contributed by atoms with Gasteiger partial charge in [-0.3, -0.25) is 0 Å². The Labute approximate surface area is 100 Å². The van der Waals surface area contributed by atoms with Crippen LogP contribution in [0.25, 0.3) is 0 Å². The van der Waals surface area contributed by atoms with Gasteiger partial charge in [-0.1, -0.05) is 0 Å². The maximum absolute atomic E-state index is 12.3. The molecule has 1 aliphatic carbocycles. The summed E-state index contributed by atoms with van der Waals surface area (Å²) < 4.78 is 26.1. The Morgan fingerprint density at radius 1 is 1.56 bits per heavy atom. The maximum Gasteiger partial charge on any atom is 0.244 e. The van der Waals surface area contributed by atoms with Crippen molar-refractivity contribution in [3.8, 4) is 0 Å². The summed E-state index contributed by atoms with van der Waals surface area (Å²) in [6, 6.07) is 1.92. The highest BCUT2D eigenvalue weighted by Crippen LogP contribution is 2.32. The van der Waals surface area contributed by atoms with Crippen molar-refractivity contribution in [2.75, 3.05) is 14.1 Å². The minimum atomic E-state index is -3.28. The molecular formula is C10H16N2O2S2. The van der Waals surface area contributed by atoms with Gasteiger partial charge in [-0.15, -0.1) is 11.3 Å². The van der Waals surface area contributed by atoms with Crippen molar-refractivity contribution < 1.29 is 8.42 Å². The summed E-state index contributed by atoms with van der Waals surface area (Å²) in [5.74, 6) is 0. The zero-order valence-electron chi connectivity index (χ0n) is 9.43. The van der Waals surface area contributed by atoms with Crippen LogP contribution in [0, 0.1) is 0 Å². The molecule has 0 aliphatic heterocycles. The van der Waals surface area contributed by atoms with E-state index in [1.54, 1.807) is 13.1 Å². The van der Waals surface area contributed by atoms with Gasteiger partial charge in [-0.05, 0) is 31.3 Å². The Hall–Kier alpha value is -0.430. The van der Waals surface area contributed by atoms with Crippen LogP contribution in [-0.4, -0.2) is 32.9 Å². The molecule has 0 atom stereocenters. The minimum absolute atomic E-state index is 0.215. The topological polar surface area (TPSA) is 49.4 Å². The van der Waals surface area contributed by atoms with Gasteiger partial charge >= 0.3 is 0 Å². The zero-order valence-corrected chi connectivity index (χ0v) is 11.1. The predicted octanol–water partition coefficient (Wildman–Crippen LogP) is 1.25. The standard InChI is InChI=1S/C10H16N2O2S2/c1-11-7-9-10(5-6-15-9)16(13,14)12(2)8-3-4-8/h5-6,8,11H,3-4,7H2,1-2H3. The first-order valence-corrected chi connectivity index (χ1v) is 7.58. The number of hydrogen-bond donors (Lipinski definition) is 1. The van der Waals surface area contributed by atoms with E-state index in [0.717, 1.165) is 17.7 Å². The molecule has 0 aromatic carbocycles. The van der Waals surface area contributed by atoms with Crippen molar-refractivity contribution in [3.63, 3.8) is 0 Å². The first-order valence-electron chi connectivity index (χ1n) is 5.26. The highest BCUT2D eigenvalue weighted by atomic mass is 32.2. The first-order chi connectivity index (χ1) is 7.57. The Balaban J connectivity index is 2.30. The van der Waals surface area contributed by atoms with Gasteiger partial charge in [0.25, 0.3) is 0 Å². The number of sulfonamides is 1. The molecule has 90 valence electrons. The van der Waals surface area contributed by atoms with Gasteiger partial charge in [-0.2, -0.15) is 4.31 Å². The van der Waals surface area contributed by atoms with Crippen LogP contribution in [0.3, 0.4) is 0 Å². The van der Waals surface area contributed by atoms with E-state index in [-0.39, 0.29) is 6.04 Å². The van der Waals surface area contributed by atoms with E-state index in [4.69, 9.17) is 0 Å². The van der Waals surface area contributed by atoms with E-state index in [1.165, 1.54) is 15.6 Å². The maximum atomic E-state index is 12.3. The molecule has 16 heavy (non-hydrogen) atoms. The van der Waals surface area contributed by atoms with E-state index in [0.29, 0.717) is 11.4 Å². The fourth-order valence-electron chi connectivity index (χ4n) is 1.64. The third kappa shape index (κ3) is 2.15. The lowest BCUT2D eigenvalue weighted by molar-refractivity contribution is 0.463. The second kappa shape index (κ2) is 4.44. The molecule has 0 unspecified atom stereocenters. The molecule has 0 radical (unpaired) electrons. The normalized spacial score (nSPS) is 16.9. The molecule has 1 heterocycles. The predicted molar refractivity (Wildman–Crippen MR) is 65.1 cm³/mol. The van der Waals surface area contributed by atoms with Gasteiger partial charge in [0.1, 0.15) is 0 Å². The minimum Gasteiger partial charge on any atom is -0.315 e. The summed E-state index contributed by atoms with van der Waals surface area (Å²) in [6.07, 6.45) is 1.97. The highest BCUT2D eigenvalue weighted by molar-refractivity contribution is 7.89. The number of nitrogens with one attached hydrogen (secondary N) is 1. The summed E-state index contributed by atoms with van der Waals surface area (Å²) in [5.41, 5.74) is 0. The van der Waals surface area contributed by atoms with Crippen LogP contribution in [0.2, 0.25) is 0 Å². The van der Waals surface area contributed by atoms with E-state index in [9.17, 15) is 8.42 Å². The van der Waals surface area contributed by atoms with Crippen molar-refractivity contribution in [2.24, 2.45) is 0 Å². The van der Waals surface area contributed by atoms with Crippen LogP contribution in [0.15, 0.2) is 16.3 Å². The molecule has 1 aliphatic rings. The summed E-state index contributed by atoms with van der Waals surface area (Å²) in [6.45, 7) is 0.602. The lowest BCUT2D eigenvalue weighted by Gasteiger charge is -2.16. The van der Waals surface area contributed by atoms with Gasteiger partial charge in [0, 0.05) is 24.5 Å². The van der Waals surface area contributed by atoms with E-state index in [2.05, 4.69) is 5.32 Å². The lowest BCUT2D eigenvalue weighted by atomic mass is 10.5. The van der Waals surface area contributed by atoms with Gasteiger partial charge in [-0.25, -0.2) is 8.42 Å². The lowest BCUT2D eigenvalue weighted by Crippen LogP contribution is -2.29. The molecule has 0 saturated heterocycles. The molecule has 1 aromatic heterocycles. The van der Waals surface area contributed by atoms with Gasteiger partial charge in [0.15, 0.2) is 0 Å². The average Bonchev–Trinajstić information content (AvgIpc) is 2.98. The van der Waals surface area contributed by atoms with Crippen LogP contribution in [0.5, 0.6) is 0 Å². The molecule has 1 N–H and O–H groups in total. The molecular weight excluding hydrogens is 244 g/mol. The smallest absolute Gasteiger partial charge is 0.244 e. The largest absolute Gasteiger partial charge is 0.315 e. The quantitative estimate of drug-likeness (QED) is 0.867. The molecule has 0 amide bonds. The van der Waals surface area contributed by atoms with Gasteiger partial charge < -0.3 is 5.32 Å². The van der Waals surface area contributed by atoms with Crippen molar-refractivity contribution in [2.45, 2.75) is 30.3 Å². The zero-order chi connectivity index (χ0) is 11.8. The Bertz CT molecular complexity index is 463. The Morgan fingerprint density at radius 3 is 2.81 bits per heavy atom.